The van der Waals surface area contributed by atoms with Crippen LogP contribution in [0.25, 0.3) is 0 Å². The first-order valence-electron chi connectivity index (χ1n) is 20.0. The van der Waals surface area contributed by atoms with Crippen LogP contribution in [-0.2, 0) is 37.6 Å². The molecule has 0 aliphatic carbocycles. The van der Waals surface area contributed by atoms with Crippen molar-refractivity contribution in [2.24, 2.45) is 11.7 Å². The highest BCUT2D eigenvalue weighted by Gasteiger charge is 2.41. The third-order valence-corrected chi connectivity index (χ3v) is 10.2. The highest BCUT2D eigenvalue weighted by Crippen LogP contribution is 2.37. The molecule has 13 heteroatoms. The number of aliphatic carboxylic acids is 1. The molecule has 3 amide bonds. The highest BCUT2D eigenvalue weighted by molar-refractivity contribution is 5.94. The van der Waals surface area contributed by atoms with Gasteiger partial charge in [-0.2, -0.15) is 0 Å². The number of nitrogens with one attached hydrogen (secondary N) is 5. The number of carbonyl (C=O) groups is 4. The molecule has 0 aliphatic rings. The van der Waals surface area contributed by atoms with E-state index in [0.29, 0.717) is 30.6 Å². The van der Waals surface area contributed by atoms with Crippen molar-refractivity contribution in [2.75, 3.05) is 6.54 Å². The van der Waals surface area contributed by atoms with E-state index in [1.165, 1.54) is 12.1 Å². The molecule has 5 rings (SSSR count). The summed E-state index contributed by atoms with van der Waals surface area (Å²) in [4.78, 5) is 62.6. The number of phenolic OH excluding ortho intramolecular Hbond substituents is 1. The van der Waals surface area contributed by atoms with Gasteiger partial charge in [-0.3, -0.25) is 19.7 Å². The van der Waals surface area contributed by atoms with Crippen molar-refractivity contribution >= 4 is 23.7 Å². The van der Waals surface area contributed by atoms with Gasteiger partial charge in [0, 0.05) is 19.0 Å². The number of rotatable bonds is 22. The van der Waals surface area contributed by atoms with Crippen LogP contribution in [0, 0.1) is 5.92 Å². The van der Waals surface area contributed by atoms with E-state index < -0.39 is 53.4 Å². The number of aromatic nitrogens is 2. The average Bonchev–Trinajstić information content (AvgIpc) is 3.76. The Morgan fingerprint density at radius 1 is 0.678 bits per heavy atom. The number of amides is 3. The predicted octanol–water partition coefficient (Wildman–Crippen LogP) is 4.56. The fourth-order valence-electron chi connectivity index (χ4n) is 7.25. The summed E-state index contributed by atoms with van der Waals surface area (Å²) in [5, 5.41) is 31.9. The van der Waals surface area contributed by atoms with Gasteiger partial charge in [0.15, 0.2) is 0 Å². The first kappa shape index (κ1) is 43.8. The van der Waals surface area contributed by atoms with Crippen LogP contribution in [0.5, 0.6) is 5.75 Å². The molecule has 0 bridgehead atoms. The van der Waals surface area contributed by atoms with Crippen LogP contribution >= 0.6 is 0 Å². The van der Waals surface area contributed by atoms with Crippen molar-refractivity contribution < 1.29 is 29.4 Å². The Labute approximate surface area is 345 Å². The summed E-state index contributed by atoms with van der Waals surface area (Å²) in [5.41, 5.74) is 8.70. The van der Waals surface area contributed by atoms with Gasteiger partial charge in [-0.15, -0.1) is 0 Å². The van der Waals surface area contributed by atoms with Gasteiger partial charge in [0.05, 0.1) is 23.6 Å². The van der Waals surface area contributed by atoms with E-state index in [0.717, 1.165) is 16.7 Å². The number of aromatic amines is 1. The number of nitrogens with zero attached hydrogens (tertiary/aromatic N) is 1. The van der Waals surface area contributed by atoms with Gasteiger partial charge in [0.1, 0.15) is 23.9 Å². The summed E-state index contributed by atoms with van der Waals surface area (Å²) >= 11 is 0. The number of imidazole rings is 1. The van der Waals surface area contributed by atoms with Gasteiger partial charge in [-0.1, -0.05) is 117 Å². The zero-order chi connectivity index (χ0) is 42.2. The number of hydrogen-bond acceptors (Lipinski definition) is 8. The third-order valence-electron chi connectivity index (χ3n) is 10.2. The van der Waals surface area contributed by atoms with E-state index in [-0.39, 0.29) is 37.4 Å². The fraction of sp³-hybridized carbons (Fsp3) is 0.326. The minimum Gasteiger partial charge on any atom is -0.508 e. The lowest BCUT2D eigenvalue weighted by molar-refractivity contribution is -0.142. The zero-order valence-electron chi connectivity index (χ0n) is 33.5. The first-order chi connectivity index (χ1) is 28.5. The Morgan fingerprint density at radius 3 is 1.68 bits per heavy atom. The van der Waals surface area contributed by atoms with Crippen molar-refractivity contribution in [2.45, 2.75) is 82.1 Å². The van der Waals surface area contributed by atoms with Crippen molar-refractivity contribution in [3.8, 4) is 5.75 Å². The van der Waals surface area contributed by atoms with Crippen molar-refractivity contribution in [1.82, 2.24) is 31.2 Å². The Balaban J connectivity index is 1.46. The van der Waals surface area contributed by atoms with Crippen molar-refractivity contribution in [1.29, 1.82) is 0 Å². The molecular formula is C46H55N7O6. The summed E-state index contributed by atoms with van der Waals surface area (Å²) in [7, 11) is 0. The average molecular weight is 802 g/mol. The molecule has 13 nitrogen and oxygen atoms in total. The number of nitrogens with two attached hydrogens (primary N) is 1. The highest BCUT2D eigenvalue weighted by atomic mass is 16.4. The van der Waals surface area contributed by atoms with Gasteiger partial charge >= 0.3 is 5.97 Å². The Kier molecular flexibility index (Phi) is 15.9. The van der Waals surface area contributed by atoms with E-state index in [4.69, 9.17) is 5.73 Å². The third kappa shape index (κ3) is 12.1. The SMILES string of the molecule is CC(C)C[C@H](NC(=O)[C@H](CCCCN)NC(=O)[C@H](Cc1c[nH]cn1)NC(c1ccccc1)(c1ccccc1)c1ccccc1)C(=O)N[C@@H](Cc1ccc(O)cc1)C(=O)O. The van der Waals surface area contributed by atoms with E-state index >= 15 is 0 Å². The maximum absolute atomic E-state index is 14.8. The Morgan fingerprint density at radius 2 is 1.19 bits per heavy atom. The molecule has 1 heterocycles. The molecule has 0 unspecified atom stereocenters. The maximum Gasteiger partial charge on any atom is 0.326 e. The Hall–Kier alpha value is -6.31. The molecule has 0 spiro atoms. The molecule has 0 fully saturated rings. The minimum atomic E-state index is -1.30. The van der Waals surface area contributed by atoms with Gasteiger partial charge in [0.2, 0.25) is 17.7 Å². The number of carbonyl (C=O) groups excluding carboxylic acids is 3. The normalized spacial score (nSPS) is 13.5. The van der Waals surface area contributed by atoms with Crippen LogP contribution in [0.3, 0.4) is 0 Å². The molecule has 59 heavy (non-hydrogen) atoms. The van der Waals surface area contributed by atoms with E-state index in [2.05, 4.69) is 31.2 Å². The smallest absolute Gasteiger partial charge is 0.326 e. The van der Waals surface area contributed by atoms with Crippen LogP contribution in [-0.4, -0.2) is 74.6 Å². The minimum absolute atomic E-state index is 0.0311. The predicted molar refractivity (Wildman–Crippen MR) is 226 cm³/mol. The number of carboxylic acid groups (broad SMARTS) is 1. The molecule has 9 N–H and O–H groups in total. The molecule has 310 valence electrons. The fourth-order valence-corrected chi connectivity index (χ4v) is 7.25. The van der Waals surface area contributed by atoms with Crippen LogP contribution in [0.4, 0.5) is 0 Å². The summed E-state index contributed by atoms with van der Waals surface area (Å²) in [6.45, 7) is 4.17. The summed E-state index contributed by atoms with van der Waals surface area (Å²) in [5.74, 6) is -2.98. The number of phenols is 1. The quantitative estimate of drug-likeness (QED) is 0.0364. The lowest BCUT2D eigenvalue weighted by atomic mass is 9.76. The summed E-state index contributed by atoms with van der Waals surface area (Å²) in [6, 6.07) is 31.3. The van der Waals surface area contributed by atoms with Crippen LogP contribution in [0.2, 0.25) is 0 Å². The zero-order valence-corrected chi connectivity index (χ0v) is 33.5. The van der Waals surface area contributed by atoms with E-state index in [1.54, 1.807) is 24.7 Å². The Bertz CT molecular complexity index is 1970. The van der Waals surface area contributed by atoms with Crippen molar-refractivity contribution in [3.05, 3.63) is 156 Å². The van der Waals surface area contributed by atoms with Gasteiger partial charge < -0.3 is 36.9 Å². The second-order valence-electron chi connectivity index (χ2n) is 15.1. The maximum atomic E-state index is 14.8. The number of unbranched alkanes of at least 4 members (excludes halogenated alkanes) is 1. The molecule has 4 atom stereocenters. The number of benzene rings is 4. The molecule has 5 aromatic rings. The monoisotopic (exact) mass is 801 g/mol. The largest absolute Gasteiger partial charge is 0.508 e. The van der Waals surface area contributed by atoms with E-state index in [9.17, 15) is 29.4 Å². The number of carboxylic acids is 1. The number of H-pyrrole nitrogens is 1. The van der Waals surface area contributed by atoms with Gasteiger partial charge in [0.25, 0.3) is 0 Å². The summed E-state index contributed by atoms with van der Waals surface area (Å²) in [6.07, 6.45) is 4.96. The van der Waals surface area contributed by atoms with Crippen LogP contribution in [0.1, 0.15) is 67.5 Å². The van der Waals surface area contributed by atoms with E-state index in [1.807, 2.05) is 105 Å². The number of hydrogen-bond donors (Lipinski definition) is 8. The first-order valence-corrected chi connectivity index (χ1v) is 20.0. The summed E-state index contributed by atoms with van der Waals surface area (Å²) < 4.78 is 0. The standard InChI is InChI=1S/C46H55N7O6/c1-31(2)26-39(43(56)52-41(45(58)59)27-32-21-23-37(54)24-22-32)51-42(55)38(20-12-13-25-47)50-44(57)40(28-36-29-48-30-49-36)53-46(33-14-6-3-7-15-33,34-16-8-4-9-17-34)35-18-10-5-11-19-35/h3-11,14-19,21-24,29-31,38-41,53-54H,12-13,20,25-28,47H2,1-2H3,(H,48,49)(H,50,57)(H,51,55)(H,52,56)(H,58,59)/t38-,39-,40-,41-/m0/s1. The molecule has 0 saturated heterocycles. The topological polar surface area (TPSA) is 212 Å². The second-order valence-corrected chi connectivity index (χ2v) is 15.1. The van der Waals surface area contributed by atoms with Gasteiger partial charge in [-0.25, -0.2) is 9.78 Å². The number of aromatic hydroxyl groups is 1. The van der Waals surface area contributed by atoms with Crippen LogP contribution in [0.15, 0.2) is 128 Å². The lowest BCUT2D eigenvalue weighted by Gasteiger charge is -2.40. The molecule has 0 saturated carbocycles. The van der Waals surface area contributed by atoms with Crippen molar-refractivity contribution in [3.63, 3.8) is 0 Å². The molecule has 0 aliphatic heterocycles. The molecular weight excluding hydrogens is 747 g/mol. The van der Waals surface area contributed by atoms with Gasteiger partial charge in [-0.05, 0) is 72.5 Å². The van der Waals surface area contributed by atoms with Crippen LogP contribution < -0.4 is 27.0 Å². The molecule has 0 radical (unpaired) electrons. The second kappa shape index (κ2) is 21.4. The molecule has 1 aromatic heterocycles. The lowest BCUT2D eigenvalue weighted by Crippen LogP contribution is -2.60. The molecule has 4 aromatic carbocycles.